The number of hydrogen-bond donors (Lipinski definition) is 1. The number of rotatable bonds is 1. The van der Waals surface area contributed by atoms with Crippen LogP contribution in [0.25, 0.3) is 11.3 Å². The van der Waals surface area contributed by atoms with Crippen molar-refractivity contribution in [1.82, 2.24) is 19.7 Å². The van der Waals surface area contributed by atoms with Crippen LogP contribution in [0.2, 0.25) is 0 Å². The molecule has 0 bridgehead atoms. The normalized spacial score (nSPS) is 24.8. The molecule has 5 heteroatoms. The smallest absolute Gasteiger partial charge is 0.0956 e. The van der Waals surface area contributed by atoms with Crippen molar-refractivity contribution in [2.75, 3.05) is 0 Å². The molecule has 0 radical (unpaired) electrons. The molecule has 2 aliphatic rings. The maximum atomic E-state index is 11.0. The SMILES string of the molecule is O[C@H]1c2cnncc2CC[C@@H]1[C@H]1c2ccccc2-c2cncn21. The van der Waals surface area contributed by atoms with Gasteiger partial charge < -0.3 is 9.67 Å². The first kappa shape index (κ1) is 13.0. The van der Waals surface area contributed by atoms with Gasteiger partial charge in [-0.2, -0.15) is 10.2 Å². The summed E-state index contributed by atoms with van der Waals surface area (Å²) in [5.41, 5.74) is 5.67. The predicted molar refractivity (Wildman–Crippen MR) is 84.6 cm³/mol. The monoisotopic (exact) mass is 304 g/mol. The van der Waals surface area contributed by atoms with E-state index in [-0.39, 0.29) is 12.0 Å². The minimum Gasteiger partial charge on any atom is -0.388 e. The quantitative estimate of drug-likeness (QED) is 0.750. The van der Waals surface area contributed by atoms with Crippen LogP contribution in [-0.2, 0) is 6.42 Å². The van der Waals surface area contributed by atoms with Gasteiger partial charge >= 0.3 is 0 Å². The van der Waals surface area contributed by atoms with Crippen molar-refractivity contribution in [1.29, 1.82) is 0 Å². The summed E-state index contributed by atoms with van der Waals surface area (Å²) in [4.78, 5) is 4.32. The number of aryl methyl sites for hydroxylation is 1. The second-order valence-corrected chi connectivity index (χ2v) is 6.34. The molecule has 1 aliphatic heterocycles. The Morgan fingerprint density at radius 3 is 2.87 bits per heavy atom. The first-order chi connectivity index (χ1) is 11.3. The topological polar surface area (TPSA) is 63.8 Å². The molecule has 0 amide bonds. The number of benzene rings is 1. The van der Waals surface area contributed by atoms with Crippen LogP contribution < -0.4 is 0 Å². The highest BCUT2D eigenvalue weighted by atomic mass is 16.3. The summed E-state index contributed by atoms with van der Waals surface area (Å²) in [5.74, 6) is 0.114. The van der Waals surface area contributed by atoms with Gasteiger partial charge in [-0.3, -0.25) is 0 Å². The molecule has 1 aliphatic carbocycles. The Bertz CT molecular complexity index is 888. The van der Waals surface area contributed by atoms with Gasteiger partial charge in [0, 0.05) is 17.0 Å². The zero-order valence-electron chi connectivity index (χ0n) is 12.5. The Morgan fingerprint density at radius 1 is 1.04 bits per heavy atom. The molecule has 3 atom stereocenters. The molecule has 114 valence electrons. The van der Waals surface area contributed by atoms with E-state index in [9.17, 15) is 5.11 Å². The summed E-state index contributed by atoms with van der Waals surface area (Å²) in [5, 5.41) is 18.9. The molecular formula is C18H16N4O. The van der Waals surface area contributed by atoms with E-state index in [0.717, 1.165) is 29.7 Å². The lowest BCUT2D eigenvalue weighted by Gasteiger charge is -2.34. The highest BCUT2D eigenvalue weighted by Crippen LogP contribution is 2.49. The van der Waals surface area contributed by atoms with Crippen molar-refractivity contribution in [2.45, 2.75) is 25.0 Å². The lowest BCUT2D eigenvalue weighted by molar-refractivity contribution is 0.0714. The van der Waals surface area contributed by atoms with Gasteiger partial charge in [0.2, 0.25) is 0 Å². The number of aliphatic hydroxyl groups is 1. The van der Waals surface area contributed by atoms with Gasteiger partial charge in [0.05, 0.1) is 42.8 Å². The summed E-state index contributed by atoms with van der Waals surface area (Å²) in [6.07, 6.45) is 8.61. The molecular weight excluding hydrogens is 288 g/mol. The van der Waals surface area contributed by atoms with Crippen molar-refractivity contribution < 1.29 is 5.11 Å². The first-order valence-electron chi connectivity index (χ1n) is 7.93. The average Bonchev–Trinajstić information content (AvgIpc) is 3.17. The first-order valence-corrected chi connectivity index (χ1v) is 7.93. The molecule has 3 heterocycles. The van der Waals surface area contributed by atoms with Crippen LogP contribution in [0, 0.1) is 5.92 Å². The largest absolute Gasteiger partial charge is 0.388 e. The zero-order valence-corrected chi connectivity index (χ0v) is 12.5. The zero-order chi connectivity index (χ0) is 15.4. The van der Waals surface area contributed by atoms with E-state index in [4.69, 9.17) is 0 Å². The van der Waals surface area contributed by atoms with E-state index in [0.29, 0.717) is 0 Å². The van der Waals surface area contributed by atoms with Crippen LogP contribution in [0.4, 0.5) is 0 Å². The van der Waals surface area contributed by atoms with Gasteiger partial charge in [0.1, 0.15) is 0 Å². The Hall–Kier alpha value is -2.53. The third-order valence-corrected chi connectivity index (χ3v) is 5.25. The van der Waals surface area contributed by atoms with Crippen molar-refractivity contribution in [2.24, 2.45) is 5.92 Å². The highest BCUT2D eigenvalue weighted by molar-refractivity contribution is 5.69. The van der Waals surface area contributed by atoms with Crippen molar-refractivity contribution in [3.63, 3.8) is 0 Å². The summed E-state index contributed by atoms with van der Waals surface area (Å²) in [6.45, 7) is 0. The van der Waals surface area contributed by atoms with Crippen molar-refractivity contribution in [3.05, 3.63) is 65.9 Å². The van der Waals surface area contributed by atoms with Crippen LogP contribution >= 0.6 is 0 Å². The molecule has 1 N–H and O–H groups in total. The molecule has 1 aromatic carbocycles. The van der Waals surface area contributed by atoms with Crippen molar-refractivity contribution >= 4 is 0 Å². The third-order valence-electron chi connectivity index (χ3n) is 5.25. The Labute approximate surface area is 133 Å². The molecule has 5 rings (SSSR count). The molecule has 0 spiro atoms. The predicted octanol–water partition coefficient (Wildman–Crippen LogP) is 2.54. The minimum atomic E-state index is -0.527. The standard InChI is InChI=1S/C18H16N4O/c23-18-14(6-5-11-7-20-21-8-15(11)18)17-13-4-2-1-3-12(13)16-9-19-10-22(16)17/h1-4,7-10,14,17-18,23H,5-6H2/t14-,17-,18-/m1/s1. The second kappa shape index (κ2) is 4.73. The number of nitrogens with zero attached hydrogens (tertiary/aromatic N) is 4. The van der Waals surface area contributed by atoms with E-state index in [1.54, 1.807) is 12.4 Å². The number of aromatic nitrogens is 4. The Morgan fingerprint density at radius 2 is 1.91 bits per heavy atom. The number of fused-ring (bicyclic) bond motifs is 4. The number of aliphatic hydroxyl groups excluding tert-OH is 1. The molecule has 23 heavy (non-hydrogen) atoms. The van der Waals surface area contributed by atoms with Gasteiger partial charge in [0.15, 0.2) is 0 Å². The number of imidazole rings is 1. The summed E-state index contributed by atoms with van der Waals surface area (Å²) < 4.78 is 2.21. The summed E-state index contributed by atoms with van der Waals surface area (Å²) in [7, 11) is 0. The van der Waals surface area contributed by atoms with Crippen LogP contribution in [0.1, 0.15) is 35.3 Å². The number of hydrogen-bond acceptors (Lipinski definition) is 4. The van der Waals surface area contributed by atoms with Crippen LogP contribution in [0.5, 0.6) is 0 Å². The molecule has 5 nitrogen and oxygen atoms in total. The maximum Gasteiger partial charge on any atom is 0.0956 e. The molecule has 0 saturated heterocycles. The lowest BCUT2D eigenvalue weighted by atomic mass is 9.77. The third kappa shape index (κ3) is 1.74. The maximum absolute atomic E-state index is 11.0. The molecule has 0 unspecified atom stereocenters. The van der Waals surface area contributed by atoms with Gasteiger partial charge in [-0.05, 0) is 24.0 Å². The molecule has 3 aromatic rings. The Kier molecular flexibility index (Phi) is 2.67. The average molecular weight is 304 g/mol. The van der Waals surface area contributed by atoms with Crippen LogP contribution in [0.15, 0.2) is 49.2 Å². The molecule has 2 aromatic heterocycles. The minimum absolute atomic E-state index is 0.114. The van der Waals surface area contributed by atoms with E-state index < -0.39 is 6.10 Å². The molecule has 0 fully saturated rings. The van der Waals surface area contributed by atoms with Gasteiger partial charge in [-0.1, -0.05) is 24.3 Å². The second-order valence-electron chi connectivity index (χ2n) is 6.34. The summed E-state index contributed by atoms with van der Waals surface area (Å²) in [6, 6.07) is 8.55. The Balaban J connectivity index is 1.64. The van der Waals surface area contributed by atoms with Gasteiger partial charge in [-0.15, -0.1) is 0 Å². The van der Waals surface area contributed by atoms with E-state index in [1.165, 1.54) is 11.1 Å². The van der Waals surface area contributed by atoms with E-state index >= 15 is 0 Å². The van der Waals surface area contributed by atoms with Gasteiger partial charge in [0.25, 0.3) is 0 Å². The summed E-state index contributed by atoms with van der Waals surface area (Å²) >= 11 is 0. The fourth-order valence-electron chi connectivity index (χ4n) is 4.18. The van der Waals surface area contributed by atoms with Gasteiger partial charge in [-0.25, -0.2) is 4.98 Å². The lowest BCUT2D eigenvalue weighted by Crippen LogP contribution is -2.28. The highest BCUT2D eigenvalue weighted by Gasteiger charge is 2.40. The molecule has 0 saturated carbocycles. The fraction of sp³-hybridized carbons (Fsp3) is 0.278. The van der Waals surface area contributed by atoms with Crippen LogP contribution in [0.3, 0.4) is 0 Å². The van der Waals surface area contributed by atoms with E-state index in [1.807, 2.05) is 12.5 Å². The fourth-order valence-corrected chi connectivity index (χ4v) is 4.18. The van der Waals surface area contributed by atoms with Crippen LogP contribution in [-0.4, -0.2) is 24.9 Å². The van der Waals surface area contributed by atoms with E-state index in [2.05, 4.69) is 44.0 Å². The van der Waals surface area contributed by atoms with Crippen molar-refractivity contribution in [3.8, 4) is 11.3 Å².